The molecule has 0 bridgehead atoms. The van der Waals surface area contributed by atoms with E-state index < -0.39 is 6.61 Å². The van der Waals surface area contributed by atoms with Crippen LogP contribution in [0.4, 0.5) is 8.78 Å². The Kier molecular flexibility index (Phi) is 8.44. The van der Waals surface area contributed by atoms with E-state index in [-0.39, 0.29) is 12.3 Å². The van der Waals surface area contributed by atoms with Gasteiger partial charge in [-0.25, -0.2) is 9.98 Å². The second-order valence-corrected chi connectivity index (χ2v) is 5.85. The SMILES string of the molecule is CCCOc1ccc(CN=C(NCC)NCc2ncnn2C)c(OC(F)F)c1. The minimum absolute atomic E-state index is 0.0523. The van der Waals surface area contributed by atoms with Gasteiger partial charge in [0.25, 0.3) is 0 Å². The van der Waals surface area contributed by atoms with Gasteiger partial charge in [0.1, 0.15) is 23.7 Å². The lowest BCUT2D eigenvalue weighted by Gasteiger charge is -2.14. The first-order valence-corrected chi connectivity index (χ1v) is 9.09. The third-order valence-corrected chi connectivity index (χ3v) is 3.70. The molecular formula is C18H26F2N6O2. The number of aromatic nitrogens is 3. The molecule has 8 nitrogen and oxygen atoms in total. The van der Waals surface area contributed by atoms with Crippen LogP contribution >= 0.6 is 0 Å². The van der Waals surface area contributed by atoms with Crippen molar-refractivity contribution in [1.29, 1.82) is 0 Å². The van der Waals surface area contributed by atoms with Crippen molar-refractivity contribution >= 4 is 5.96 Å². The van der Waals surface area contributed by atoms with Crippen molar-refractivity contribution in [1.82, 2.24) is 25.4 Å². The van der Waals surface area contributed by atoms with E-state index in [1.165, 1.54) is 12.4 Å². The molecule has 0 amide bonds. The van der Waals surface area contributed by atoms with Gasteiger partial charge in [-0.15, -0.1) is 0 Å². The van der Waals surface area contributed by atoms with Crippen molar-refractivity contribution in [2.75, 3.05) is 13.2 Å². The smallest absolute Gasteiger partial charge is 0.387 e. The van der Waals surface area contributed by atoms with Crippen molar-refractivity contribution in [2.24, 2.45) is 12.0 Å². The Labute approximate surface area is 163 Å². The number of hydrogen-bond acceptors (Lipinski definition) is 5. The average molecular weight is 396 g/mol. The molecule has 0 aliphatic carbocycles. The fourth-order valence-electron chi connectivity index (χ4n) is 2.33. The van der Waals surface area contributed by atoms with Gasteiger partial charge >= 0.3 is 6.61 Å². The maximum atomic E-state index is 12.8. The van der Waals surface area contributed by atoms with Gasteiger partial charge in [0.2, 0.25) is 0 Å². The number of aryl methyl sites for hydroxylation is 1. The molecule has 0 fully saturated rings. The van der Waals surface area contributed by atoms with Crippen LogP contribution in [0.25, 0.3) is 0 Å². The van der Waals surface area contributed by atoms with Crippen LogP contribution in [0.5, 0.6) is 11.5 Å². The molecule has 10 heteroatoms. The third kappa shape index (κ3) is 6.67. The van der Waals surface area contributed by atoms with Crippen LogP contribution in [0, 0.1) is 0 Å². The lowest BCUT2D eigenvalue weighted by Crippen LogP contribution is -2.37. The summed E-state index contributed by atoms with van der Waals surface area (Å²) in [4.78, 5) is 8.58. The maximum Gasteiger partial charge on any atom is 0.387 e. The van der Waals surface area contributed by atoms with E-state index in [0.717, 1.165) is 12.2 Å². The molecule has 0 saturated carbocycles. The van der Waals surface area contributed by atoms with Gasteiger partial charge in [-0.3, -0.25) is 4.68 Å². The Morgan fingerprint density at radius 3 is 2.75 bits per heavy atom. The summed E-state index contributed by atoms with van der Waals surface area (Å²) in [5, 5.41) is 10.2. The number of nitrogens with zero attached hydrogens (tertiary/aromatic N) is 4. The molecular weight excluding hydrogens is 370 g/mol. The summed E-state index contributed by atoms with van der Waals surface area (Å²) in [7, 11) is 1.80. The molecule has 0 saturated heterocycles. The van der Waals surface area contributed by atoms with Gasteiger partial charge < -0.3 is 20.1 Å². The number of guanidine groups is 1. The topological polar surface area (TPSA) is 85.6 Å². The maximum absolute atomic E-state index is 12.8. The van der Waals surface area contributed by atoms with Crippen LogP contribution in [0.3, 0.4) is 0 Å². The fraction of sp³-hybridized carbons (Fsp3) is 0.500. The van der Waals surface area contributed by atoms with Gasteiger partial charge in [0.15, 0.2) is 5.96 Å². The van der Waals surface area contributed by atoms with Crippen molar-refractivity contribution in [3.8, 4) is 11.5 Å². The zero-order valence-electron chi connectivity index (χ0n) is 16.3. The molecule has 1 aromatic carbocycles. The Hall–Kier alpha value is -2.91. The Morgan fingerprint density at radius 2 is 2.11 bits per heavy atom. The first-order chi connectivity index (χ1) is 13.5. The fourth-order valence-corrected chi connectivity index (χ4v) is 2.33. The minimum Gasteiger partial charge on any atom is -0.493 e. The lowest BCUT2D eigenvalue weighted by molar-refractivity contribution is -0.0505. The summed E-state index contributed by atoms with van der Waals surface area (Å²) in [6.07, 6.45) is 2.29. The number of hydrogen-bond donors (Lipinski definition) is 2. The molecule has 0 aliphatic rings. The van der Waals surface area contributed by atoms with Crippen molar-refractivity contribution in [3.05, 3.63) is 35.9 Å². The predicted octanol–water partition coefficient (Wildman–Crippen LogP) is 2.46. The predicted molar refractivity (Wildman–Crippen MR) is 102 cm³/mol. The molecule has 0 unspecified atom stereocenters. The van der Waals surface area contributed by atoms with E-state index >= 15 is 0 Å². The van der Waals surface area contributed by atoms with Gasteiger partial charge in [0.05, 0.1) is 19.7 Å². The minimum atomic E-state index is -2.92. The summed E-state index contributed by atoms with van der Waals surface area (Å²) >= 11 is 0. The molecule has 1 heterocycles. The monoisotopic (exact) mass is 396 g/mol. The molecule has 2 N–H and O–H groups in total. The van der Waals surface area contributed by atoms with Crippen LogP contribution < -0.4 is 20.1 Å². The van der Waals surface area contributed by atoms with Crippen molar-refractivity contribution in [3.63, 3.8) is 0 Å². The van der Waals surface area contributed by atoms with Gasteiger partial charge in [0, 0.05) is 25.2 Å². The van der Waals surface area contributed by atoms with Crippen molar-refractivity contribution in [2.45, 2.75) is 40.0 Å². The molecule has 0 spiro atoms. The van der Waals surface area contributed by atoms with E-state index in [4.69, 9.17) is 4.74 Å². The van der Waals surface area contributed by atoms with E-state index in [0.29, 0.717) is 37.0 Å². The Bertz CT molecular complexity index is 766. The summed E-state index contributed by atoms with van der Waals surface area (Å²) in [5.74, 6) is 1.80. The second kappa shape index (κ2) is 11.1. The summed E-state index contributed by atoms with van der Waals surface area (Å²) in [5.41, 5.74) is 0.528. The molecule has 0 atom stereocenters. The molecule has 0 aliphatic heterocycles. The molecule has 2 aromatic rings. The van der Waals surface area contributed by atoms with Gasteiger partial charge in [-0.05, 0) is 25.5 Å². The summed E-state index contributed by atoms with van der Waals surface area (Å²) in [6.45, 7) is 2.71. The van der Waals surface area contributed by atoms with Crippen LogP contribution in [0.2, 0.25) is 0 Å². The number of aliphatic imine (C=N–C) groups is 1. The standard InChI is InChI=1S/C18H26F2N6O2/c1-4-8-27-14-7-6-13(15(9-14)28-17(19)20)10-22-18(21-5-2)23-11-16-24-12-25-26(16)3/h6-7,9,12,17H,4-5,8,10-11H2,1-3H3,(H2,21,22,23). The van der Waals surface area contributed by atoms with Crippen molar-refractivity contribution < 1.29 is 18.3 Å². The molecule has 154 valence electrons. The zero-order valence-corrected chi connectivity index (χ0v) is 16.3. The van der Waals surface area contributed by atoms with E-state index in [1.54, 1.807) is 23.9 Å². The Morgan fingerprint density at radius 1 is 1.29 bits per heavy atom. The number of alkyl halides is 2. The third-order valence-electron chi connectivity index (χ3n) is 3.70. The number of rotatable bonds is 10. The van der Waals surface area contributed by atoms with Crippen LogP contribution in [0.15, 0.2) is 29.5 Å². The number of halogens is 2. The normalized spacial score (nSPS) is 11.6. The highest BCUT2D eigenvalue weighted by molar-refractivity contribution is 5.79. The van der Waals surface area contributed by atoms with E-state index in [2.05, 4.69) is 30.4 Å². The van der Waals surface area contributed by atoms with Crippen LogP contribution in [-0.2, 0) is 20.1 Å². The first kappa shape index (κ1) is 21.4. The van der Waals surface area contributed by atoms with Gasteiger partial charge in [-0.2, -0.15) is 13.9 Å². The average Bonchev–Trinajstić information content (AvgIpc) is 3.07. The number of nitrogens with one attached hydrogen (secondary N) is 2. The molecule has 1 aromatic heterocycles. The Balaban J connectivity index is 2.11. The largest absolute Gasteiger partial charge is 0.493 e. The van der Waals surface area contributed by atoms with Crippen LogP contribution in [-0.4, -0.2) is 40.5 Å². The quantitative estimate of drug-likeness (QED) is 0.474. The number of ether oxygens (including phenoxy) is 2. The molecule has 2 rings (SSSR count). The number of benzene rings is 1. The highest BCUT2D eigenvalue weighted by Gasteiger charge is 2.12. The summed E-state index contributed by atoms with van der Waals surface area (Å²) in [6, 6.07) is 4.86. The highest BCUT2D eigenvalue weighted by atomic mass is 19.3. The van der Waals surface area contributed by atoms with E-state index in [9.17, 15) is 8.78 Å². The first-order valence-electron chi connectivity index (χ1n) is 9.09. The highest BCUT2D eigenvalue weighted by Crippen LogP contribution is 2.27. The second-order valence-electron chi connectivity index (χ2n) is 5.85. The molecule has 0 radical (unpaired) electrons. The summed E-state index contributed by atoms with van der Waals surface area (Å²) < 4.78 is 37.3. The van der Waals surface area contributed by atoms with Gasteiger partial charge in [-0.1, -0.05) is 6.92 Å². The van der Waals surface area contributed by atoms with E-state index in [1.807, 2.05) is 13.8 Å². The van der Waals surface area contributed by atoms with Crippen LogP contribution in [0.1, 0.15) is 31.7 Å². The lowest BCUT2D eigenvalue weighted by atomic mass is 10.2. The molecule has 28 heavy (non-hydrogen) atoms. The zero-order chi connectivity index (χ0) is 20.4.